The molecule has 2 heterocycles. The molecule has 3 aromatic rings. The van der Waals surface area contributed by atoms with Crippen LogP contribution in [0, 0.1) is 0 Å². The molecule has 1 N–H and O–H groups in total. The van der Waals surface area contributed by atoms with E-state index >= 15 is 0 Å². The van der Waals surface area contributed by atoms with E-state index in [-0.39, 0.29) is 22.9 Å². The van der Waals surface area contributed by atoms with Gasteiger partial charge >= 0.3 is 12.1 Å². The van der Waals surface area contributed by atoms with Crippen LogP contribution in [0.3, 0.4) is 0 Å². The van der Waals surface area contributed by atoms with E-state index in [1.807, 2.05) is 0 Å². The summed E-state index contributed by atoms with van der Waals surface area (Å²) in [5.41, 5.74) is -0.456. The number of alkyl halides is 3. The van der Waals surface area contributed by atoms with Gasteiger partial charge in [-0.05, 0) is 42.5 Å². The summed E-state index contributed by atoms with van der Waals surface area (Å²) in [6.07, 6.45) is -2.80. The Kier molecular flexibility index (Phi) is 4.37. The lowest BCUT2D eigenvalue weighted by molar-refractivity contribution is -0.137. The first-order valence-corrected chi connectivity index (χ1v) is 7.33. The fraction of sp³-hybridized carbons (Fsp3) is 0.118. The van der Waals surface area contributed by atoms with E-state index in [4.69, 9.17) is 9.84 Å². The molecule has 9 heteroatoms. The number of aromatic carboxylic acids is 1. The Morgan fingerprint density at radius 1 is 1.12 bits per heavy atom. The van der Waals surface area contributed by atoms with Gasteiger partial charge in [-0.3, -0.25) is 4.68 Å². The number of ether oxygens (including phenoxy) is 1. The van der Waals surface area contributed by atoms with E-state index in [0.29, 0.717) is 5.69 Å². The van der Waals surface area contributed by atoms with Gasteiger partial charge in [-0.25, -0.2) is 9.78 Å². The average Bonchev–Trinajstić information content (AvgIpc) is 3.01. The third kappa shape index (κ3) is 3.66. The number of aromatic nitrogens is 3. The molecular formula is C17H12F3N3O3. The van der Waals surface area contributed by atoms with E-state index in [2.05, 4.69) is 10.1 Å². The molecule has 26 heavy (non-hydrogen) atoms. The van der Waals surface area contributed by atoms with Crippen molar-refractivity contribution in [2.24, 2.45) is 7.05 Å². The normalized spacial score (nSPS) is 11.4. The molecule has 0 bridgehead atoms. The lowest BCUT2D eigenvalue weighted by Gasteiger charge is -2.11. The van der Waals surface area contributed by atoms with Crippen molar-refractivity contribution >= 4 is 5.97 Å². The maximum atomic E-state index is 12.6. The molecule has 0 unspecified atom stereocenters. The van der Waals surface area contributed by atoms with Gasteiger partial charge in [-0.1, -0.05) is 0 Å². The first-order valence-electron chi connectivity index (χ1n) is 7.33. The van der Waals surface area contributed by atoms with E-state index in [1.165, 1.54) is 28.9 Å². The van der Waals surface area contributed by atoms with Crippen LogP contribution in [0.5, 0.6) is 11.5 Å². The van der Waals surface area contributed by atoms with Crippen molar-refractivity contribution in [2.75, 3.05) is 0 Å². The maximum Gasteiger partial charge on any atom is 0.416 e. The molecule has 1 aromatic carbocycles. The Bertz CT molecular complexity index is 950. The third-order valence-corrected chi connectivity index (χ3v) is 3.44. The van der Waals surface area contributed by atoms with E-state index in [0.717, 1.165) is 12.1 Å². The summed E-state index contributed by atoms with van der Waals surface area (Å²) in [6, 6.07) is 8.40. The Morgan fingerprint density at radius 3 is 2.35 bits per heavy atom. The summed E-state index contributed by atoms with van der Waals surface area (Å²) in [4.78, 5) is 15.2. The summed E-state index contributed by atoms with van der Waals surface area (Å²) in [5.74, 6) is -0.892. The molecule has 0 saturated carbocycles. The number of aryl methyl sites for hydroxylation is 1. The van der Waals surface area contributed by atoms with Crippen LogP contribution in [0.1, 0.15) is 16.1 Å². The zero-order valence-electron chi connectivity index (χ0n) is 13.4. The molecular weight excluding hydrogens is 351 g/mol. The molecule has 2 aromatic heterocycles. The summed E-state index contributed by atoms with van der Waals surface area (Å²) in [7, 11) is 1.68. The monoisotopic (exact) mass is 363 g/mol. The van der Waals surface area contributed by atoms with Gasteiger partial charge in [0.1, 0.15) is 22.8 Å². The highest BCUT2D eigenvalue weighted by Crippen LogP contribution is 2.34. The molecule has 0 aliphatic carbocycles. The number of pyridine rings is 1. The van der Waals surface area contributed by atoms with Crippen LogP contribution in [0.15, 0.2) is 48.7 Å². The second-order valence-corrected chi connectivity index (χ2v) is 5.35. The van der Waals surface area contributed by atoms with Crippen molar-refractivity contribution in [3.05, 3.63) is 59.9 Å². The Hall–Kier alpha value is -3.36. The number of nitrogens with zero attached hydrogens (tertiary/aromatic N) is 3. The number of hydrogen-bond donors (Lipinski definition) is 1. The molecule has 0 aliphatic rings. The van der Waals surface area contributed by atoms with Gasteiger partial charge in [0.15, 0.2) is 5.75 Å². The molecule has 0 atom stereocenters. The van der Waals surface area contributed by atoms with Crippen molar-refractivity contribution in [3.63, 3.8) is 0 Å². The highest BCUT2D eigenvalue weighted by molar-refractivity contribution is 5.86. The van der Waals surface area contributed by atoms with Gasteiger partial charge < -0.3 is 9.84 Å². The van der Waals surface area contributed by atoms with Crippen LogP contribution in [0.2, 0.25) is 0 Å². The number of carboxylic acid groups (broad SMARTS) is 1. The molecule has 134 valence electrons. The Morgan fingerprint density at radius 2 is 1.81 bits per heavy atom. The highest BCUT2D eigenvalue weighted by atomic mass is 19.4. The minimum atomic E-state index is -4.44. The summed E-state index contributed by atoms with van der Waals surface area (Å²) in [5, 5.41) is 13.3. The number of carbonyl (C=O) groups is 1. The number of rotatable bonds is 4. The van der Waals surface area contributed by atoms with Crippen LogP contribution >= 0.6 is 0 Å². The second kappa shape index (κ2) is 6.51. The smallest absolute Gasteiger partial charge is 0.416 e. The average molecular weight is 363 g/mol. The molecule has 6 nitrogen and oxygen atoms in total. The van der Waals surface area contributed by atoms with Crippen molar-refractivity contribution < 1.29 is 27.8 Å². The third-order valence-electron chi connectivity index (χ3n) is 3.44. The molecule has 3 rings (SSSR count). The zero-order valence-corrected chi connectivity index (χ0v) is 13.4. The summed E-state index contributed by atoms with van der Waals surface area (Å²) >= 11 is 0. The molecule has 0 spiro atoms. The van der Waals surface area contributed by atoms with Gasteiger partial charge in [0, 0.05) is 13.2 Å². The van der Waals surface area contributed by atoms with Crippen molar-refractivity contribution in [3.8, 4) is 22.9 Å². The standard InChI is InChI=1S/C17H12F3N3O3/c1-23-9-8-12(22-23)15-14(7-6-13(21-15)16(24)25)26-11-4-2-10(3-5-11)17(18,19)20/h2-9H,1H3,(H,24,25). The number of hydrogen-bond acceptors (Lipinski definition) is 4. The van der Waals surface area contributed by atoms with Crippen LogP contribution in [0.4, 0.5) is 13.2 Å². The first-order chi connectivity index (χ1) is 12.2. The second-order valence-electron chi connectivity index (χ2n) is 5.35. The molecule has 0 amide bonds. The molecule has 0 radical (unpaired) electrons. The van der Waals surface area contributed by atoms with Crippen molar-refractivity contribution in [1.29, 1.82) is 0 Å². The number of carboxylic acids is 1. The van der Waals surface area contributed by atoms with Gasteiger partial charge in [-0.15, -0.1) is 0 Å². The van der Waals surface area contributed by atoms with E-state index < -0.39 is 17.7 Å². The minimum absolute atomic E-state index is 0.153. The lowest BCUT2D eigenvalue weighted by Crippen LogP contribution is -2.04. The fourth-order valence-corrected chi connectivity index (χ4v) is 2.21. The Labute approximate surface area is 145 Å². The van der Waals surface area contributed by atoms with Gasteiger partial charge in [0.05, 0.1) is 5.56 Å². The highest BCUT2D eigenvalue weighted by Gasteiger charge is 2.30. The van der Waals surface area contributed by atoms with Gasteiger partial charge in [0.2, 0.25) is 0 Å². The topological polar surface area (TPSA) is 77.2 Å². The maximum absolute atomic E-state index is 12.6. The summed E-state index contributed by atoms with van der Waals surface area (Å²) < 4.78 is 45.0. The number of halogens is 3. The zero-order chi connectivity index (χ0) is 18.9. The number of benzene rings is 1. The minimum Gasteiger partial charge on any atom is -0.477 e. The quantitative estimate of drug-likeness (QED) is 0.758. The van der Waals surface area contributed by atoms with Crippen LogP contribution in [0.25, 0.3) is 11.4 Å². The Balaban J connectivity index is 1.98. The molecule has 0 saturated heterocycles. The summed E-state index contributed by atoms with van der Waals surface area (Å²) in [6.45, 7) is 0. The van der Waals surface area contributed by atoms with Gasteiger partial charge in [-0.2, -0.15) is 18.3 Å². The van der Waals surface area contributed by atoms with Crippen molar-refractivity contribution in [2.45, 2.75) is 6.18 Å². The first kappa shape index (κ1) is 17.5. The predicted octanol–water partition coefficient (Wildman–Crippen LogP) is 3.99. The largest absolute Gasteiger partial charge is 0.477 e. The van der Waals surface area contributed by atoms with Crippen molar-refractivity contribution in [1.82, 2.24) is 14.8 Å². The predicted molar refractivity (Wildman–Crippen MR) is 84.9 cm³/mol. The SMILES string of the molecule is Cn1ccc(-c2nc(C(=O)O)ccc2Oc2ccc(C(F)(F)F)cc2)n1. The van der Waals surface area contributed by atoms with E-state index in [1.54, 1.807) is 19.3 Å². The van der Waals surface area contributed by atoms with E-state index in [9.17, 15) is 18.0 Å². The molecule has 0 aliphatic heterocycles. The molecule has 0 fully saturated rings. The van der Waals surface area contributed by atoms with Crippen LogP contribution in [-0.4, -0.2) is 25.8 Å². The van der Waals surface area contributed by atoms with Gasteiger partial charge in [0.25, 0.3) is 0 Å². The fourth-order valence-electron chi connectivity index (χ4n) is 2.21. The van der Waals surface area contributed by atoms with Crippen LogP contribution < -0.4 is 4.74 Å². The van der Waals surface area contributed by atoms with Crippen LogP contribution in [-0.2, 0) is 13.2 Å². The lowest BCUT2D eigenvalue weighted by atomic mass is 10.2.